The molecule has 0 spiro atoms. The highest BCUT2D eigenvalue weighted by Crippen LogP contribution is 2.40. The average Bonchev–Trinajstić information content (AvgIpc) is 3.89. The van der Waals surface area contributed by atoms with Crippen LogP contribution in [0.3, 0.4) is 0 Å². The van der Waals surface area contributed by atoms with E-state index in [0.29, 0.717) is 34.0 Å². The van der Waals surface area contributed by atoms with Crippen LogP contribution in [0.15, 0.2) is 167 Å². The molecule has 0 amide bonds. The van der Waals surface area contributed by atoms with Crippen LogP contribution in [0.1, 0.15) is 0 Å². The summed E-state index contributed by atoms with van der Waals surface area (Å²) in [6.07, 6.45) is 0. The minimum atomic E-state index is 0.194. The number of rotatable bonds is 6. The van der Waals surface area contributed by atoms with E-state index in [1.807, 2.05) is 109 Å². The zero-order valence-electron chi connectivity index (χ0n) is 32.6. The predicted molar refractivity (Wildman–Crippen MR) is 254 cm³/mol. The molecule has 5 nitrogen and oxygen atoms in total. The third-order valence-electron chi connectivity index (χ3n) is 11.5. The van der Waals surface area contributed by atoms with E-state index in [0.717, 1.165) is 88.4 Å². The van der Waals surface area contributed by atoms with E-state index in [4.69, 9.17) is 63.0 Å². The Labute approximate surface area is 358 Å². The second-order valence-electron chi connectivity index (χ2n) is 15.0. The Bertz CT molecular complexity index is 3500. The Morgan fingerprint density at radius 1 is 0.328 bits per heavy atom. The van der Waals surface area contributed by atoms with Crippen LogP contribution in [0.4, 0.5) is 0 Å². The van der Waals surface area contributed by atoms with Crippen molar-refractivity contribution in [3.8, 4) is 67.5 Å². The molecule has 0 saturated carbocycles. The van der Waals surface area contributed by atoms with Crippen LogP contribution in [0.5, 0.6) is 0 Å². The maximum atomic E-state index is 6.46. The summed E-state index contributed by atoms with van der Waals surface area (Å²) in [7, 11) is 30.9. The summed E-state index contributed by atoms with van der Waals surface area (Å²) in [5, 5.41) is 3.91. The van der Waals surface area contributed by atoms with Crippen LogP contribution in [-0.2, 0) is 0 Å². The van der Waals surface area contributed by atoms with Crippen molar-refractivity contribution in [2.45, 2.75) is 0 Å². The molecule has 0 bridgehead atoms. The van der Waals surface area contributed by atoms with E-state index < -0.39 is 0 Å². The first-order valence-electron chi connectivity index (χ1n) is 19.7. The summed E-state index contributed by atoms with van der Waals surface area (Å²) in [5.41, 5.74) is 12.3. The first-order chi connectivity index (χ1) is 29.8. The van der Waals surface area contributed by atoms with Crippen LogP contribution in [0, 0.1) is 0 Å². The second kappa shape index (κ2) is 14.5. The molecule has 0 saturated heterocycles. The molecule has 0 N–H and O–H groups in total. The average molecular weight is 767 g/mol. The summed E-state index contributed by atoms with van der Waals surface area (Å²) in [6, 6.07) is 52.7. The molecule has 11 aromatic rings. The molecule has 0 fully saturated rings. The zero-order chi connectivity index (χ0) is 41.4. The van der Waals surface area contributed by atoms with Crippen molar-refractivity contribution >= 4 is 110 Å². The summed E-state index contributed by atoms with van der Waals surface area (Å²) in [5.74, 6) is 1.60. The normalized spacial score (nSPS) is 11.6. The fourth-order valence-corrected chi connectivity index (χ4v) is 8.29. The molecule has 0 aliphatic heterocycles. The Morgan fingerprint density at radius 2 is 0.836 bits per heavy atom. The molecule has 11 rings (SSSR count). The molecule has 8 aromatic carbocycles. The fourth-order valence-electron chi connectivity index (χ4n) is 8.29. The van der Waals surface area contributed by atoms with Gasteiger partial charge in [0.1, 0.15) is 61.6 Å². The van der Waals surface area contributed by atoms with Crippen LogP contribution < -0.4 is 27.3 Å². The van der Waals surface area contributed by atoms with E-state index in [9.17, 15) is 0 Å². The van der Waals surface area contributed by atoms with Crippen LogP contribution in [-0.4, -0.2) is 54.2 Å². The van der Waals surface area contributed by atoms with Crippen LogP contribution in [0.25, 0.3) is 111 Å². The van der Waals surface area contributed by atoms with Crippen molar-refractivity contribution in [3.05, 3.63) is 158 Å². The Morgan fingerprint density at radius 3 is 1.56 bits per heavy atom. The van der Waals surface area contributed by atoms with Gasteiger partial charge in [0, 0.05) is 32.7 Å². The van der Waals surface area contributed by atoms with Gasteiger partial charge in [-0.1, -0.05) is 138 Å². The molecule has 0 aliphatic carbocycles. The smallest absolute Gasteiger partial charge is 0.167 e. The number of hydrogen-bond donors (Lipinski definition) is 0. The molecule has 3 aromatic heterocycles. The lowest BCUT2D eigenvalue weighted by atomic mass is 9.59. The van der Waals surface area contributed by atoms with E-state index in [1.165, 1.54) is 0 Å². The Kier molecular flexibility index (Phi) is 8.71. The number of hydrogen-bond acceptors (Lipinski definition) is 5. The third kappa shape index (κ3) is 6.12. The second-order valence-corrected chi connectivity index (χ2v) is 15.0. The van der Waals surface area contributed by atoms with E-state index in [-0.39, 0.29) is 16.4 Å². The standard InChI is InChI=1S/C51H26B5N3O2/c52-43-41(44(53)46(55)47(56)45(43)54)30-22-20-28(21-23-30)27-16-18-29(19-17-27)32-24-25-39-37(26-32)42-35(12-7-15-40(42)60-39)50-57-49(31-8-2-1-3-9-31)58-51(59-50)36-13-6-11-34-33-10-4-5-14-38(33)61-48(34)36/h1-26H. The fraction of sp³-hybridized carbons (Fsp3) is 0. The zero-order valence-corrected chi connectivity index (χ0v) is 32.6. The van der Waals surface area contributed by atoms with Crippen molar-refractivity contribution in [2.75, 3.05) is 0 Å². The lowest BCUT2D eigenvalue weighted by Gasteiger charge is -2.21. The van der Waals surface area contributed by atoms with Gasteiger partial charge in [0.25, 0.3) is 0 Å². The van der Waals surface area contributed by atoms with Gasteiger partial charge < -0.3 is 8.83 Å². The Hall–Kier alpha value is -7.31. The minimum absolute atomic E-state index is 0.194. The molecule has 3 heterocycles. The molecular formula is C51H26B5N3O2. The number of fused-ring (bicyclic) bond motifs is 6. The topological polar surface area (TPSA) is 65.0 Å². The highest BCUT2D eigenvalue weighted by molar-refractivity contribution is 6.68. The number of nitrogens with zero attached hydrogens (tertiary/aromatic N) is 3. The van der Waals surface area contributed by atoms with Crippen LogP contribution in [0.2, 0.25) is 0 Å². The largest absolute Gasteiger partial charge is 0.456 e. The van der Waals surface area contributed by atoms with Gasteiger partial charge in [-0.15, -0.1) is 16.4 Å². The quantitative estimate of drug-likeness (QED) is 0.163. The van der Waals surface area contributed by atoms with Gasteiger partial charge in [0.05, 0.1) is 5.56 Å². The highest BCUT2D eigenvalue weighted by Gasteiger charge is 2.21. The lowest BCUT2D eigenvalue weighted by molar-refractivity contribution is 0.668. The van der Waals surface area contributed by atoms with Crippen molar-refractivity contribution < 1.29 is 8.83 Å². The number of furan rings is 2. The molecule has 0 aliphatic rings. The predicted octanol–water partition coefficient (Wildman–Crippen LogP) is 7.64. The number of aromatic nitrogens is 3. The van der Waals surface area contributed by atoms with E-state index in [1.54, 1.807) is 0 Å². The summed E-state index contributed by atoms with van der Waals surface area (Å²) >= 11 is 0. The number of benzene rings is 8. The number of para-hydroxylation sites is 2. The lowest BCUT2D eigenvalue weighted by Crippen LogP contribution is -2.55. The maximum absolute atomic E-state index is 6.46. The van der Waals surface area contributed by atoms with Gasteiger partial charge in [-0.25, -0.2) is 15.0 Å². The molecule has 10 radical (unpaired) electrons. The van der Waals surface area contributed by atoms with Gasteiger partial charge >= 0.3 is 0 Å². The van der Waals surface area contributed by atoms with Gasteiger partial charge in [-0.05, 0) is 63.7 Å². The molecule has 61 heavy (non-hydrogen) atoms. The highest BCUT2D eigenvalue weighted by atomic mass is 16.3. The maximum Gasteiger partial charge on any atom is 0.167 e. The third-order valence-corrected chi connectivity index (χ3v) is 11.5. The molecule has 10 heteroatoms. The first kappa shape index (κ1) is 36.8. The first-order valence-corrected chi connectivity index (χ1v) is 19.7. The summed E-state index contributed by atoms with van der Waals surface area (Å²) in [4.78, 5) is 15.3. The van der Waals surface area contributed by atoms with Gasteiger partial charge in [0.15, 0.2) is 17.5 Å². The van der Waals surface area contributed by atoms with Gasteiger partial charge in [-0.2, -0.15) is 0 Å². The molecular weight excluding hydrogens is 741 g/mol. The minimum Gasteiger partial charge on any atom is -0.456 e. The molecule has 272 valence electrons. The van der Waals surface area contributed by atoms with E-state index in [2.05, 4.69) is 48.5 Å². The van der Waals surface area contributed by atoms with E-state index >= 15 is 0 Å². The van der Waals surface area contributed by atoms with Gasteiger partial charge in [-0.3, -0.25) is 0 Å². The summed E-state index contributed by atoms with van der Waals surface area (Å²) < 4.78 is 12.9. The van der Waals surface area contributed by atoms with Crippen molar-refractivity contribution in [3.63, 3.8) is 0 Å². The van der Waals surface area contributed by atoms with Crippen molar-refractivity contribution in [2.24, 2.45) is 0 Å². The van der Waals surface area contributed by atoms with Crippen LogP contribution >= 0.6 is 0 Å². The summed E-state index contributed by atoms with van der Waals surface area (Å²) in [6.45, 7) is 0. The Balaban J connectivity index is 0.989. The van der Waals surface area contributed by atoms with Crippen molar-refractivity contribution in [1.29, 1.82) is 0 Å². The monoisotopic (exact) mass is 767 g/mol. The van der Waals surface area contributed by atoms with Crippen molar-refractivity contribution in [1.82, 2.24) is 15.0 Å². The molecule has 0 unspecified atom stereocenters. The SMILES string of the molecule is [B]c1c([B])c([B])c(-c2ccc(-c3ccc(-c4ccc5oc6cccc(-c7nc(-c8ccccc8)nc(-c8cccc9c8oc8ccccc89)n7)c6c5c4)cc3)cc2)c([B])c1[B]. The van der Waals surface area contributed by atoms with Gasteiger partial charge in [0.2, 0.25) is 0 Å². The molecule has 0 atom stereocenters.